The molecule has 1 heterocycles. The van der Waals surface area contributed by atoms with Crippen molar-refractivity contribution in [3.05, 3.63) is 90.3 Å². The first-order chi connectivity index (χ1) is 18.4. The number of amides is 1. The molecule has 38 heavy (non-hydrogen) atoms. The maximum atomic E-state index is 13.3. The number of amidine groups is 1. The number of methoxy groups -OCH3 is 1. The van der Waals surface area contributed by atoms with Gasteiger partial charge in [-0.3, -0.25) is 9.69 Å². The number of hydrogen-bond acceptors (Lipinski definition) is 6. The number of hydrogen-bond donors (Lipinski definition) is 0. The van der Waals surface area contributed by atoms with Gasteiger partial charge in [-0.1, -0.05) is 47.5 Å². The highest BCUT2D eigenvalue weighted by Gasteiger charge is 2.33. The molecule has 0 aliphatic carbocycles. The lowest BCUT2D eigenvalue weighted by atomic mass is 10.1. The Morgan fingerprint density at radius 3 is 2.58 bits per heavy atom. The van der Waals surface area contributed by atoms with E-state index in [4.69, 9.17) is 42.4 Å². The van der Waals surface area contributed by atoms with Gasteiger partial charge in [-0.2, -0.15) is 0 Å². The number of benzene rings is 3. The number of ether oxygens (including phenoxy) is 3. The quantitative estimate of drug-likeness (QED) is 0.124. The smallest absolute Gasteiger partial charge is 0.266 e. The first kappa shape index (κ1) is 28.8. The van der Waals surface area contributed by atoms with Gasteiger partial charge in [-0.05, 0) is 94.9 Å². The van der Waals surface area contributed by atoms with E-state index in [1.165, 1.54) is 11.8 Å². The number of para-hydroxylation sites is 1. The molecule has 3 aromatic rings. The maximum Gasteiger partial charge on any atom is 0.266 e. The van der Waals surface area contributed by atoms with Crippen molar-refractivity contribution in [2.75, 3.05) is 26.9 Å². The predicted molar refractivity (Wildman–Crippen MR) is 164 cm³/mol. The molecule has 1 fully saturated rings. The summed E-state index contributed by atoms with van der Waals surface area (Å²) in [6, 6.07) is 18.8. The van der Waals surface area contributed by atoms with Crippen LogP contribution in [0.15, 0.2) is 70.6 Å². The molecule has 0 radical (unpaired) electrons. The Hall–Kier alpha value is -2.24. The van der Waals surface area contributed by atoms with Crippen LogP contribution in [0, 0.1) is 3.57 Å². The van der Waals surface area contributed by atoms with Crippen molar-refractivity contribution in [1.82, 2.24) is 4.90 Å². The van der Waals surface area contributed by atoms with E-state index in [9.17, 15) is 4.79 Å². The van der Waals surface area contributed by atoms with E-state index in [1.807, 2.05) is 61.5 Å². The van der Waals surface area contributed by atoms with Crippen molar-refractivity contribution in [3.63, 3.8) is 0 Å². The van der Waals surface area contributed by atoms with Gasteiger partial charge in [0, 0.05) is 6.61 Å². The van der Waals surface area contributed by atoms with E-state index in [0.29, 0.717) is 58.0 Å². The second kappa shape index (κ2) is 13.7. The molecular weight excluding hydrogens is 658 g/mol. The topological polar surface area (TPSA) is 60.4 Å². The summed E-state index contributed by atoms with van der Waals surface area (Å²) in [6.07, 6.45) is 1.85. The molecular formula is C28H25Cl2IN2O4S. The van der Waals surface area contributed by atoms with E-state index in [1.54, 1.807) is 24.1 Å². The Labute approximate surface area is 250 Å². The fourth-order valence-corrected chi connectivity index (χ4v) is 5.73. The molecule has 6 nitrogen and oxygen atoms in total. The maximum absolute atomic E-state index is 13.3. The first-order valence-corrected chi connectivity index (χ1v) is 14.4. The summed E-state index contributed by atoms with van der Waals surface area (Å²) >= 11 is 15.7. The van der Waals surface area contributed by atoms with Gasteiger partial charge in [0.1, 0.15) is 6.61 Å². The lowest BCUT2D eigenvalue weighted by Crippen LogP contribution is -2.32. The minimum Gasteiger partial charge on any atom is -0.493 e. The van der Waals surface area contributed by atoms with Crippen molar-refractivity contribution < 1.29 is 19.0 Å². The highest BCUT2D eigenvalue weighted by Crippen LogP contribution is 2.38. The van der Waals surface area contributed by atoms with Gasteiger partial charge in [0.2, 0.25) is 0 Å². The molecule has 0 N–H and O–H groups in total. The van der Waals surface area contributed by atoms with Gasteiger partial charge < -0.3 is 14.2 Å². The zero-order valence-corrected chi connectivity index (χ0v) is 25.2. The Morgan fingerprint density at radius 2 is 1.87 bits per heavy atom. The Balaban J connectivity index is 1.58. The normalized spacial score (nSPS) is 15.5. The van der Waals surface area contributed by atoms with Crippen molar-refractivity contribution in [1.29, 1.82) is 0 Å². The molecule has 0 bridgehead atoms. The SMILES string of the molecule is CCOCCN1C(=O)/C(=C/c2cc(I)c(OCc3ccc(Cl)c(Cl)c3)c(OC)c2)SC1=Nc1ccccc1. The third-order valence-electron chi connectivity index (χ3n) is 5.45. The molecule has 4 rings (SSSR count). The number of carbonyl (C=O) groups is 1. The number of halogens is 3. The minimum atomic E-state index is -0.113. The first-order valence-electron chi connectivity index (χ1n) is 11.8. The lowest BCUT2D eigenvalue weighted by Gasteiger charge is -2.15. The fourth-order valence-electron chi connectivity index (χ4n) is 3.60. The standard InChI is InChI=1S/C28H25Cl2IN2O4S/c1-3-36-12-11-33-27(34)25(38-28(33)32-20-7-5-4-6-8-20)16-19-14-23(31)26(24(15-19)35-2)37-17-18-9-10-21(29)22(30)13-18/h4-10,13-16H,3,11-12,17H2,1-2H3/b25-16-,32-28?. The highest BCUT2D eigenvalue weighted by atomic mass is 127. The zero-order valence-electron chi connectivity index (χ0n) is 20.7. The van der Waals surface area contributed by atoms with E-state index in [2.05, 4.69) is 22.6 Å². The molecule has 3 aromatic carbocycles. The Kier molecular flexibility index (Phi) is 10.4. The average molecular weight is 683 g/mol. The van der Waals surface area contributed by atoms with E-state index in [-0.39, 0.29) is 5.91 Å². The van der Waals surface area contributed by atoms with Gasteiger partial charge in [-0.15, -0.1) is 0 Å². The number of carbonyl (C=O) groups excluding carboxylic acids is 1. The largest absolute Gasteiger partial charge is 0.493 e. The number of thioether (sulfide) groups is 1. The van der Waals surface area contributed by atoms with Gasteiger partial charge >= 0.3 is 0 Å². The highest BCUT2D eigenvalue weighted by molar-refractivity contribution is 14.1. The van der Waals surface area contributed by atoms with E-state index in [0.717, 1.165) is 20.4 Å². The summed E-state index contributed by atoms with van der Waals surface area (Å²) in [4.78, 5) is 20.3. The predicted octanol–water partition coefficient (Wildman–Crippen LogP) is 7.83. The van der Waals surface area contributed by atoms with E-state index < -0.39 is 0 Å². The van der Waals surface area contributed by atoms with Crippen LogP contribution in [0.5, 0.6) is 11.5 Å². The third-order valence-corrected chi connectivity index (χ3v) is 8.00. The van der Waals surface area contributed by atoms with Crippen LogP contribution in [-0.4, -0.2) is 42.8 Å². The summed E-state index contributed by atoms with van der Waals surface area (Å²) in [5.41, 5.74) is 2.48. The number of rotatable bonds is 10. The Bertz CT molecular complexity index is 1370. The molecule has 1 aliphatic heterocycles. The van der Waals surface area contributed by atoms with Crippen LogP contribution in [0.1, 0.15) is 18.1 Å². The van der Waals surface area contributed by atoms with Crippen LogP contribution < -0.4 is 9.47 Å². The van der Waals surface area contributed by atoms with Crippen LogP contribution in [0.2, 0.25) is 10.0 Å². The van der Waals surface area contributed by atoms with Crippen LogP contribution in [0.25, 0.3) is 6.08 Å². The molecule has 10 heteroatoms. The summed E-state index contributed by atoms with van der Waals surface area (Å²) in [5.74, 6) is 1.06. The van der Waals surface area contributed by atoms with Crippen molar-refractivity contribution in [2.45, 2.75) is 13.5 Å². The van der Waals surface area contributed by atoms with Crippen molar-refractivity contribution in [3.8, 4) is 11.5 Å². The van der Waals surface area contributed by atoms with Crippen LogP contribution in [-0.2, 0) is 16.1 Å². The summed E-state index contributed by atoms with van der Waals surface area (Å²) in [5, 5.41) is 1.59. The summed E-state index contributed by atoms with van der Waals surface area (Å²) < 4.78 is 18.0. The monoisotopic (exact) mass is 682 g/mol. The Morgan fingerprint density at radius 1 is 1.08 bits per heavy atom. The number of aliphatic imine (C=N–C) groups is 1. The molecule has 1 amide bonds. The van der Waals surface area contributed by atoms with Crippen LogP contribution in [0.3, 0.4) is 0 Å². The van der Waals surface area contributed by atoms with Gasteiger partial charge in [-0.25, -0.2) is 4.99 Å². The van der Waals surface area contributed by atoms with Crippen LogP contribution >= 0.6 is 57.6 Å². The fraction of sp³-hybridized carbons (Fsp3) is 0.214. The van der Waals surface area contributed by atoms with Crippen molar-refractivity contribution in [2.24, 2.45) is 4.99 Å². The van der Waals surface area contributed by atoms with Crippen molar-refractivity contribution >= 4 is 80.4 Å². The van der Waals surface area contributed by atoms with Gasteiger partial charge in [0.25, 0.3) is 5.91 Å². The molecule has 1 aliphatic rings. The van der Waals surface area contributed by atoms with Gasteiger partial charge in [0.05, 0.1) is 44.5 Å². The molecule has 0 spiro atoms. The average Bonchev–Trinajstić information content (AvgIpc) is 3.19. The zero-order chi connectivity index (χ0) is 27.1. The summed E-state index contributed by atoms with van der Waals surface area (Å²) in [6.45, 7) is 3.66. The second-order valence-electron chi connectivity index (χ2n) is 8.07. The third kappa shape index (κ3) is 7.24. The van der Waals surface area contributed by atoms with Crippen LogP contribution in [0.4, 0.5) is 5.69 Å². The molecule has 0 saturated carbocycles. The van der Waals surface area contributed by atoms with E-state index >= 15 is 0 Å². The number of nitrogens with zero attached hydrogens (tertiary/aromatic N) is 2. The summed E-state index contributed by atoms with van der Waals surface area (Å²) in [7, 11) is 1.59. The molecule has 0 aromatic heterocycles. The molecule has 0 atom stereocenters. The van der Waals surface area contributed by atoms with Gasteiger partial charge in [0.15, 0.2) is 16.7 Å². The minimum absolute atomic E-state index is 0.113. The molecule has 198 valence electrons. The lowest BCUT2D eigenvalue weighted by molar-refractivity contribution is -0.122. The molecule has 1 saturated heterocycles. The second-order valence-corrected chi connectivity index (χ2v) is 11.1. The molecule has 0 unspecified atom stereocenters.